The Hall–Kier alpha value is -3.04. The van der Waals surface area contributed by atoms with Crippen LogP contribution in [0.3, 0.4) is 0 Å². The third-order valence-electron chi connectivity index (χ3n) is 2.70. The number of rotatable bonds is 6. The number of ether oxygens (including phenoxy) is 2. The maximum absolute atomic E-state index is 10.6. The predicted molar refractivity (Wildman–Crippen MR) is 82.7 cm³/mol. The van der Waals surface area contributed by atoms with Gasteiger partial charge in [0.1, 0.15) is 11.1 Å². The van der Waals surface area contributed by atoms with Gasteiger partial charge in [0, 0.05) is 20.3 Å². The van der Waals surface area contributed by atoms with Crippen LogP contribution in [0.4, 0.5) is 0 Å². The lowest BCUT2D eigenvalue weighted by atomic mass is 10.3. The second-order valence-corrected chi connectivity index (χ2v) is 4.48. The molecule has 0 bridgehead atoms. The van der Waals surface area contributed by atoms with E-state index in [2.05, 4.69) is 10.2 Å². The molecular weight excluding hydrogens is 320 g/mol. The highest BCUT2D eigenvalue weighted by molar-refractivity contribution is 5.90. The van der Waals surface area contributed by atoms with Crippen LogP contribution in [0.5, 0.6) is 11.8 Å². The molecule has 0 aliphatic carbocycles. The zero-order valence-corrected chi connectivity index (χ0v) is 13.9. The van der Waals surface area contributed by atoms with E-state index in [9.17, 15) is 9.59 Å². The summed E-state index contributed by atoms with van der Waals surface area (Å²) in [6.07, 6.45) is 2.68. The highest BCUT2D eigenvalue weighted by Crippen LogP contribution is 2.16. The summed E-state index contributed by atoms with van der Waals surface area (Å²) in [6.45, 7) is 4.41. The minimum Gasteiger partial charge on any atom is -0.478 e. The molecule has 2 rings (SSSR count). The first-order valence-electron chi connectivity index (χ1n) is 7.09. The molecule has 0 aromatic carbocycles. The molecule has 0 aliphatic rings. The number of aromatic carboxylic acids is 2. The number of carboxylic acid groups (broad SMARTS) is 2. The van der Waals surface area contributed by atoms with Gasteiger partial charge in [-0.15, -0.1) is 5.10 Å². The van der Waals surface area contributed by atoms with Crippen molar-refractivity contribution in [1.82, 2.24) is 19.6 Å². The van der Waals surface area contributed by atoms with Crippen LogP contribution in [0.25, 0.3) is 0 Å². The summed E-state index contributed by atoms with van der Waals surface area (Å²) in [4.78, 5) is 21.2. The number of hydrogen-bond acceptors (Lipinski definition) is 6. The number of aryl methyl sites for hydroxylation is 2. The molecule has 2 aromatic heterocycles. The average molecular weight is 340 g/mol. The van der Waals surface area contributed by atoms with Gasteiger partial charge in [-0.3, -0.25) is 4.68 Å². The molecule has 0 saturated carbocycles. The van der Waals surface area contributed by atoms with E-state index in [1.54, 1.807) is 27.9 Å². The third-order valence-corrected chi connectivity index (χ3v) is 2.70. The minimum absolute atomic E-state index is 0.0966. The monoisotopic (exact) mass is 340 g/mol. The van der Waals surface area contributed by atoms with Gasteiger partial charge in [-0.05, 0) is 13.8 Å². The summed E-state index contributed by atoms with van der Waals surface area (Å²) in [6, 6.07) is 0. The predicted octanol–water partition coefficient (Wildman–Crippen LogP) is 1.03. The van der Waals surface area contributed by atoms with E-state index in [1.807, 2.05) is 0 Å². The van der Waals surface area contributed by atoms with Gasteiger partial charge >= 0.3 is 11.9 Å². The van der Waals surface area contributed by atoms with Crippen molar-refractivity contribution >= 4 is 11.9 Å². The molecule has 0 atom stereocenters. The van der Waals surface area contributed by atoms with Crippen molar-refractivity contribution in [3.8, 4) is 11.8 Å². The Morgan fingerprint density at radius 2 is 1.67 bits per heavy atom. The second-order valence-electron chi connectivity index (χ2n) is 4.48. The summed E-state index contributed by atoms with van der Waals surface area (Å²) in [5, 5.41) is 24.9. The maximum atomic E-state index is 10.6. The van der Waals surface area contributed by atoms with Gasteiger partial charge in [0.25, 0.3) is 0 Å². The van der Waals surface area contributed by atoms with E-state index < -0.39 is 11.9 Å². The van der Waals surface area contributed by atoms with Crippen LogP contribution in [-0.2, 0) is 14.1 Å². The van der Waals surface area contributed by atoms with E-state index >= 15 is 0 Å². The Morgan fingerprint density at radius 1 is 1.08 bits per heavy atom. The fourth-order valence-electron chi connectivity index (χ4n) is 1.74. The van der Waals surface area contributed by atoms with Crippen LogP contribution in [-0.4, -0.2) is 54.9 Å². The molecule has 0 spiro atoms. The highest BCUT2D eigenvalue weighted by Gasteiger charge is 2.15. The van der Waals surface area contributed by atoms with Crippen molar-refractivity contribution in [1.29, 1.82) is 0 Å². The van der Waals surface area contributed by atoms with Gasteiger partial charge < -0.3 is 19.7 Å². The van der Waals surface area contributed by atoms with Gasteiger partial charge in [0.15, 0.2) is 0 Å². The summed E-state index contributed by atoms with van der Waals surface area (Å²) >= 11 is 0. The summed E-state index contributed by atoms with van der Waals surface area (Å²) in [5.74, 6) is -1.57. The van der Waals surface area contributed by atoms with Gasteiger partial charge in [0.2, 0.25) is 11.8 Å². The average Bonchev–Trinajstić information content (AvgIpc) is 3.05. The van der Waals surface area contributed by atoms with Crippen LogP contribution in [0.1, 0.15) is 34.6 Å². The van der Waals surface area contributed by atoms with Gasteiger partial charge in [-0.25, -0.2) is 14.3 Å². The molecule has 132 valence electrons. The van der Waals surface area contributed by atoms with Crippen LogP contribution in [0, 0.1) is 0 Å². The van der Waals surface area contributed by atoms with E-state index in [0.29, 0.717) is 19.1 Å². The lowest BCUT2D eigenvalue weighted by Gasteiger charge is -2.03. The van der Waals surface area contributed by atoms with Crippen molar-refractivity contribution < 1.29 is 29.3 Å². The van der Waals surface area contributed by atoms with Crippen LogP contribution in [0.15, 0.2) is 12.4 Å². The molecule has 24 heavy (non-hydrogen) atoms. The summed E-state index contributed by atoms with van der Waals surface area (Å²) in [7, 11) is 3.28. The number of hydrogen-bond donors (Lipinski definition) is 2. The first kappa shape index (κ1) is 19.0. The van der Waals surface area contributed by atoms with Crippen LogP contribution >= 0.6 is 0 Å². The zero-order valence-electron chi connectivity index (χ0n) is 13.9. The molecule has 2 heterocycles. The van der Waals surface area contributed by atoms with Crippen molar-refractivity contribution in [2.45, 2.75) is 13.8 Å². The van der Waals surface area contributed by atoms with E-state index in [1.165, 1.54) is 21.8 Å². The van der Waals surface area contributed by atoms with Crippen molar-refractivity contribution in [3.05, 3.63) is 23.5 Å². The first-order chi connectivity index (χ1) is 11.3. The molecule has 10 heteroatoms. The molecule has 0 fully saturated rings. The van der Waals surface area contributed by atoms with Gasteiger partial charge in [-0.1, -0.05) is 0 Å². The Kier molecular flexibility index (Phi) is 6.78. The van der Waals surface area contributed by atoms with Crippen LogP contribution in [0.2, 0.25) is 0 Å². The third kappa shape index (κ3) is 4.73. The van der Waals surface area contributed by atoms with Crippen molar-refractivity contribution in [2.24, 2.45) is 14.1 Å². The summed E-state index contributed by atoms with van der Waals surface area (Å²) < 4.78 is 12.9. The molecular formula is C14H20N4O6. The minimum atomic E-state index is -1.02. The van der Waals surface area contributed by atoms with E-state index in [4.69, 9.17) is 19.7 Å². The number of carboxylic acids is 2. The first-order valence-corrected chi connectivity index (χ1v) is 7.09. The molecule has 0 radical (unpaired) electrons. The fraction of sp³-hybridized carbons (Fsp3) is 0.429. The lowest BCUT2D eigenvalue weighted by molar-refractivity contribution is 0.0681. The van der Waals surface area contributed by atoms with Crippen LogP contribution < -0.4 is 9.47 Å². The number of nitrogens with zero attached hydrogens (tertiary/aromatic N) is 4. The largest absolute Gasteiger partial charge is 0.478 e. The Balaban J connectivity index is 0.000000240. The molecule has 0 unspecified atom stereocenters. The second kappa shape index (κ2) is 8.56. The standard InChI is InChI=1S/2C7H10N2O3/c1-3-12-6-5(7(10)11)4-9(2)8-6;1-3-12-6-5(7(10)11)4-8-9(6)2/h2*4H,3H2,1-2H3,(H,10,11). The topological polar surface area (TPSA) is 129 Å². The molecule has 10 nitrogen and oxygen atoms in total. The van der Waals surface area contributed by atoms with Gasteiger partial charge in [0.05, 0.1) is 19.4 Å². The van der Waals surface area contributed by atoms with Crippen molar-refractivity contribution in [3.63, 3.8) is 0 Å². The normalized spacial score (nSPS) is 9.83. The highest BCUT2D eigenvalue weighted by atomic mass is 16.5. The quantitative estimate of drug-likeness (QED) is 0.798. The molecule has 2 aromatic rings. The Labute approximate surface area is 138 Å². The SMILES string of the molecule is CCOc1c(C(=O)O)cnn1C.CCOc1nn(C)cc1C(=O)O. The zero-order chi connectivity index (χ0) is 18.3. The molecule has 2 N–H and O–H groups in total. The lowest BCUT2D eigenvalue weighted by Crippen LogP contribution is -2.04. The Morgan fingerprint density at radius 3 is 2.17 bits per heavy atom. The van der Waals surface area contributed by atoms with E-state index in [-0.39, 0.29) is 17.0 Å². The molecule has 0 saturated heterocycles. The maximum Gasteiger partial charge on any atom is 0.342 e. The fourth-order valence-corrected chi connectivity index (χ4v) is 1.74. The Bertz CT molecular complexity index is 694. The van der Waals surface area contributed by atoms with E-state index in [0.717, 1.165) is 0 Å². The summed E-state index contributed by atoms with van der Waals surface area (Å²) in [5.41, 5.74) is 0.193. The smallest absolute Gasteiger partial charge is 0.342 e. The number of aromatic nitrogens is 4. The number of carbonyl (C=O) groups is 2. The molecule has 0 aliphatic heterocycles. The van der Waals surface area contributed by atoms with Crippen molar-refractivity contribution in [2.75, 3.05) is 13.2 Å². The molecule has 0 amide bonds. The van der Waals surface area contributed by atoms with Gasteiger partial charge in [-0.2, -0.15) is 5.10 Å².